The summed E-state index contributed by atoms with van der Waals surface area (Å²) in [6.45, 7) is 0. The molecule has 0 saturated carbocycles. The van der Waals surface area contributed by atoms with Crippen molar-refractivity contribution in [3.05, 3.63) is 40.8 Å². The molecule has 2 aliphatic heterocycles. The molecule has 2 atom stereocenters. The molecule has 0 radical (unpaired) electrons. The molecular formula is C15H17N3O2. The zero-order valence-electron chi connectivity index (χ0n) is 11.1. The topological polar surface area (TPSA) is 57.8 Å². The molecule has 2 bridgehead atoms. The first-order chi connectivity index (χ1) is 9.72. The van der Waals surface area contributed by atoms with Gasteiger partial charge < -0.3 is 10.0 Å². The van der Waals surface area contributed by atoms with E-state index in [0.717, 1.165) is 31.5 Å². The molecule has 20 heavy (non-hydrogen) atoms. The molecule has 5 heteroatoms. The molecule has 2 aromatic rings. The normalized spacial score (nSPS) is 29.1. The minimum atomic E-state index is -0.203. The highest BCUT2D eigenvalue weighted by Crippen LogP contribution is 2.38. The molecule has 0 aliphatic carbocycles. The summed E-state index contributed by atoms with van der Waals surface area (Å²) >= 11 is 0. The van der Waals surface area contributed by atoms with Gasteiger partial charge in [-0.05, 0) is 37.8 Å². The van der Waals surface area contributed by atoms with Crippen LogP contribution in [0.5, 0.6) is 0 Å². The van der Waals surface area contributed by atoms with E-state index >= 15 is 0 Å². The molecule has 104 valence electrons. The number of rotatable bonds is 1. The Morgan fingerprint density at radius 2 is 1.95 bits per heavy atom. The predicted molar refractivity (Wildman–Crippen MR) is 76.0 cm³/mol. The summed E-state index contributed by atoms with van der Waals surface area (Å²) in [4.78, 5) is 19.1. The number of aliphatic hydroxyl groups is 1. The quantitative estimate of drug-likeness (QED) is 0.846. The van der Waals surface area contributed by atoms with E-state index in [-0.39, 0.29) is 11.7 Å². The van der Waals surface area contributed by atoms with Crippen LogP contribution in [-0.4, -0.2) is 32.7 Å². The fourth-order valence-corrected chi connectivity index (χ4v) is 3.70. The van der Waals surface area contributed by atoms with E-state index < -0.39 is 0 Å². The summed E-state index contributed by atoms with van der Waals surface area (Å²) in [5, 5.41) is 9.87. The lowest BCUT2D eigenvalue weighted by atomic mass is 10.00. The van der Waals surface area contributed by atoms with E-state index in [1.807, 2.05) is 18.2 Å². The average molecular weight is 271 g/mol. The maximum absolute atomic E-state index is 12.2. The van der Waals surface area contributed by atoms with Gasteiger partial charge >= 0.3 is 0 Å². The summed E-state index contributed by atoms with van der Waals surface area (Å²) in [5.74, 6) is 0.764. The number of hydrogen-bond acceptors (Lipinski definition) is 4. The zero-order chi connectivity index (χ0) is 13.7. The van der Waals surface area contributed by atoms with Crippen molar-refractivity contribution in [1.82, 2.24) is 9.38 Å². The number of hydrogen-bond donors (Lipinski definition) is 1. The molecule has 0 amide bonds. The largest absolute Gasteiger partial charge is 0.393 e. The minimum absolute atomic E-state index is 0.0453. The van der Waals surface area contributed by atoms with Gasteiger partial charge in [-0.1, -0.05) is 6.07 Å². The number of aliphatic hydroxyl groups excluding tert-OH is 1. The number of nitrogens with zero attached hydrogens (tertiary/aromatic N) is 3. The minimum Gasteiger partial charge on any atom is -0.393 e. The van der Waals surface area contributed by atoms with E-state index in [4.69, 9.17) is 0 Å². The number of pyridine rings is 1. The second kappa shape index (κ2) is 4.31. The van der Waals surface area contributed by atoms with Crippen molar-refractivity contribution < 1.29 is 5.11 Å². The fraction of sp³-hybridized carbons (Fsp3) is 0.467. The lowest BCUT2D eigenvalue weighted by Gasteiger charge is -2.38. The summed E-state index contributed by atoms with van der Waals surface area (Å²) in [5.41, 5.74) is 0.636. The van der Waals surface area contributed by atoms with Crippen LogP contribution in [0, 0.1) is 0 Å². The van der Waals surface area contributed by atoms with Crippen LogP contribution in [0.1, 0.15) is 25.7 Å². The van der Waals surface area contributed by atoms with Crippen LogP contribution in [-0.2, 0) is 0 Å². The summed E-state index contributed by atoms with van der Waals surface area (Å²) in [6, 6.07) is 7.84. The Morgan fingerprint density at radius 3 is 2.70 bits per heavy atom. The second-order valence-corrected chi connectivity index (χ2v) is 5.80. The molecule has 2 unspecified atom stereocenters. The molecule has 4 heterocycles. The van der Waals surface area contributed by atoms with Crippen LogP contribution in [0.15, 0.2) is 35.3 Å². The van der Waals surface area contributed by atoms with Crippen molar-refractivity contribution >= 4 is 11.5 Å². The second-order valence-electron chi connectivity index (χ2n) is 5.80. The third-order valence-corrected chi connectivity index (χ3v) is 4.53. The van der Waals surface area contributed by atoms with Crippen LogP contribution in [0.2, 0.25) is 0 Å². The van der Waals surface area contributed by atoms with Gasteiger partial charge in [-0.3, -0.25) is 9.20 Å². The average Bonchev–Trinajstić information content (AvgIpc) is 2.71. The molecule has 2 aromatic heterocycles. The molecule has 4 rings (SSSR count). The van der Waals surface area contributed by atoms with Crippen LogP contribution >= 0.6 is 0 Å². The van der Waals surface area contributed by atoms with Crippen LogP contribution in [0.3, 0.4) is 0 Å². The van der Waals surface area contributed by atoms with Gasteiger partial charge in [0.1, 0.15) is 11.5 Å². The van der Waals surface area contributed by atoms with Crippen molar-refractivity contribution in [2.75, 3.05) is 4.90 Å². The van der Waals surface area contributed by atoms with Crippen molar-refractivity contribution in [3.63, 3.8) is 0 Å². The summed E-state index contributed by atoms with van der Waals surface area (Å²) < 4.78 is 1.56. The molecular weight excluding hydrogens is 254 g/mol. The number of fused-ring (bicyclic) bond motifs is 3. The highest BCUT2D eigenvalue weighted by Gasteiger charge is 2.41. The van der Waals surface area contributed by atoms with Crippen molar-refractivity contribution in [3.8, 4) is 0 Å². The third-order valence-electron chi connectivity index (χ3n) is 4.53. The Balaban J connectivity index is 1.81. The smallest absolute Gasteiger partial charge is 0.259 e. The first-order valence-electron chi connectivity index (χ1n) is 7.17. The standard InChI is InChI=1S/C15H17N3O2/c19-12-7-10-4-5-11(8-12)18(10)14-9-15(20)17-6-2-1-3-13(17)16-14/h1-3,6,9-12,19H,4-5,7-8H2. The monoisotopic (exact) mass is 271 g/mol. The van der Waals surface area contributed by atoms with Crippen molar-refractivity contribution in [2.45, 2.75) is 43.9 Å². The summed E-state index contributed by atoms with van der Waals surface area (Å²) in [7, 11) is 0. The van der Waals surface area contributed by atoms with E-state index in [0.29, 0.717) is 17.7 Å². The van der Waals surface area contributed by atoms with Crippen molar-refractivity contribution in [1.29, 1.82) is 0 Å². The van der Waals surface area contributed by atoms with Gasteiger partial charge in [0.05, 0.1) is 6.10 Å². The Labute approximate surface area is 116 Å². The molecule has 2 fully saturated rings. The predicted octanol–water partition coefficient (Wildman–Crippen LogP) is 1.19. The van der Waals surface area contributed by atoms with Crippen LogP contribution in [0.4, 0.5) is 5.82 Å². The summed E-state index contributed by atoms with van der Waals surface area (Å²) in [6.07, 6.45) is 5.27. The highest BCUT2D eigenvalue weighted by atomic mass is 16.3. The fourth-order valence-electron chi connectivity index (χ4n) is 3.70. The van der Waals surface area contributed by atoms with Crippen LogP contribution in [0.25, 0.3) is 5.65 Å². The van der Waals surface area contributed by atoms with Gasteiger partial charge in [0.2, 0.25) is 0 Å². The van der Waals surface area contributed by atoms with Gasteiger partial charge in [-0.25, -0.2) is 4.98 Å². The maximum atomic E-state index is 12.2. The highest BCUT2D eigenvalue weighted by molar-refractivity contribution is 5.50. The third kappa shape index (κ3) is 1.73. The van der Waals surface area contributed by atoms with Gasteiger partial charge in [-0.15, -0.1) is 0 Å². The van der Waals surface area contributed by atoms with E-state index in [2.05, 4.69) is 9.88 Å². The SMILES string of the molecule is O=c1cc(N2C3CCC2CC(O)C3)nc2ccccn12. The zero-order valence-corrected chi connectivity index (χ0v) is 11.1. The Kier molecular flexibility index (Phi) is 2.57. The molecule has 2 aliphatic rings. The lowest BCUT2D eigenvalue weighted by molar-refractivity contribution is 0.126. The Morgan fingerprint density at radius 1 is 1.20 bits per heavy atom. The first-order valence-corrected chi connectivity index (χ1v) is 7.17. The lowest BCUT2D eigenvalue weighted by Crippen LogP contribution is -2.45. The molecule has 0 spiro atoms. The maximum Gasteiger partial charge on any atom is 0.259 e. The van der Waals surface area contributed by atoms with Gasteiger partial charge in [-0.2, -0.15) is 0 Å². The Hall–Kier alpha value is -1.88. The van der Waals surface area contributed by atoms with Gasteiger partial charge in [0, 0.05) is 24.3 Å². The number of anilines is 1. The van der Waals surface area contributed by atoms with Gasteiger partial charge in [0.25, 0.3) is 5.56 Å². The van der Waals surface area contributed by atoms with Crippen molar-refractivity contribution in [2.24, 2.45) is 0 Å². The van der Waals surface area contributed by atoms with E-state index in [1.165, 1.54) is 0 Å². The van der Waals surface area contributed by atoms with Crippen LogP contribution < -0.4 is 10.5 Å². The first kappa shape index (κ1) is 11.9. The number of piperidine rings is 1. The van der Waals surface area contributed by atoms with Gasteiger partial charge in [0.15, 0.2) is 0 Å². The molecule has 0 aromatic carbocycles. The molecule has 1 N–H and O–H groups in total. The van der Waals surface area contributed by atoms with E-state index in [1.54, 1.807) is 16.7 Å². The Bertz CT molecular complexity index is 698. The number of aromatic nitrogens is 2. The van der Waals surface area contributed by atoms with E-state index in [9.17, 15) is 9.90 Å². The molecule has 5 nitrogen and oxygen atoms in total. The molecule has 2 saturated heterocycles.